The average molecular weight is 414 g/mol. The third kappa shape index (κ3) is 7.37. The summed E-state index contributed by atoms with van der Waals surface area (Å²) < 4.78 is 1.21. The summed E-state index contributed by atoms with van der Waals surface area (Å²) >= 11 is 14.1. The molecule has 0 saturated carbocycles. The number of alkyl halides is 1. The first-order valence-electron chi connectivity index (χ1n) is 6.40. The molecule has 5 heteroatoms. The van der Waals surface area contributed by atoms with Crippen LogP contribution in [0.1, 0.15) is 31.2 Å². The zero-order valence-corrected chi connectivity index (χ0v) is 14.4. The van der Waals surface area contributed by atoms with Gasteiger partial charge in [0.15, 0.2) is 0 Å². The highest BCUT2D eigenvalue weighted by Gasteiger charge is 2.05. The summed E-state index contributed by atoms with van der Waals surface area (Å²) in [4.78, 5) is 11.7. The zero-order valence-electron chi connectivity index (χ0n) is 10.7. The van der Waals surface area contributed by atoms with Gasteiger partial charge >= 0.3 is 0 Å². The zero-order chi connectivity index (χ0) is 14.1. The van der Waals surface area contributed by atoms with Crippen LogP contribution in [0.3, 0.4) is 0 Å². The van der Waals surface area contributed by atoms with Crippen LogP contribution in [0.25, 0.3) is 0 Å². The monoisotopic (exact) mass is 413 g/mol. The van der Waals surface area contributed by atoms with Gasteiger partial charge in [-0.1, -0.05) is 64.7 Å². The number of carbonyl (C=O) groups excluding carboxylic acids is 1. The molecule has 1 rings (SSSR count). The van der Waals surface area contributed by atoms with Gasteiger partial charge in [-0.15, -0.1) is 0 Å². The largest absolute Gasteiger partial charge is 0.356 e. The molecule has 2 nitrogen and oxygen atoms in total. The van der Waals surface area contributed by atoms with E-state index >= 15 is 0 Å². The Morgan fingerprint density at radius 1 is 1.11 bits per heavy atom. The van der Waals surface area contributed by atoms with Gasteiger partial charge in [-0.2, -0.15) is 0 Å². The van der Waals surface area contributed by atoms with Crippen molar-refractivity contribution in [1.82, 2.24) is 5.32 Å². The van der Waals surface area contributed by atoms with Gasteiger partial charge in [0.25, 0.3) is 0 Å². The molecule has 0 heterocycles. The second-order valence-corrected chi connectivity index (χ2v) is 6.27. The second-order valence-electron chi connectivity index (χ2n) is 4.38. The Bertz CT molecular complexity index is 412. The molecular weight excluding hydrogens is 396 g/mol. The maximum atomic E-state index is 11.7. The molecule has 1 amide bonds. The standard InChI is InChI=1S/C14H18Cl2INO/c15-12-6-5-11(9-13(12)16)10-14(19)18-8-4-2-1-3-7-17/h5-6,9H,1-4,7-8,10H2,(H,18,19). The van der Waals surface area contributed by atoms with E-state index in [1.165, 1.54) is 23.7 Å². The number of benzene rings is 1. The number of halogens is 3. The van der Waals surface area contributed by atoms with E-state index in [4.69, 9.17) is 23.2 Å². The molecule has 0 aliphatic carbocycles. The number of unbranched alkanes of at least 4 members (excludes halogenated alkanes) is 3. The summed E-state index contributed by atoms with van der Waals surface area (Å²) in [5.41, 5.74) is 0.886. The number of nitrogens with one attached hydrogen (secondary N) is 1. The maximum Gasteiger partial charge on any atom is 0.224 e. The summed E-state index contributed by atoms with van der Waals surface area (Å²) in [6, 6.07) is 5.29. The van der Waals surface area contributed by atoms with Crippen molar-refractivity contribution < 1.29 is 4.79 Å². The van der Waals surface area contributed by atoms with Crippen LogP contribution < -0.4 is 5.32 Å². The third-order valence-electron chi connectivity index (χ3n) is 2.73. The minimum Gasteiger partial charge on any atom is -0.356 e. The van der Waals surface area contributed by atoms with Crippen LogP contribution in [0.15, 0.2) is 18.2 Å². The molecule has 0 saturated heterocycles. The van der Waals surface area contributed by atoms with Gasteiger partial charge < -0.3 is 5.32 Å². The fraction of sp³-hybridized carbons (Fsp3) is 0.500. The molecular formula is C14H18Cl2INO. The van der Waals surface area contributed by atoms with Gasteiger partial charge in [-0.3, -0.25) is 4.79 Å². The van der Waals surface area contributed by atoms with Gasteiger partial charge in [0.1, 0.15) is 0 Å². The first kappa shape index (κ1) is 17.1. The Morgan fingerprint density at radius 2 is 1.84 bits per heavy atom. The van der Waals surface area contributed by atoms with Crippen LogP contribution in [0, 0.1) is 0 Å². The molecule has 0 aliphatic heterocycles. The highest BCUT2D eigenvalue weighted by atomic mass is 127. The van der Waals surface area contributed by atoms with E-state index in [9.17, 15) is 4.79 Å². The summed E-state index contributed by atoms with van der Waals surface area (Å²) in [6.07, 6.45) is 5.08. The van der Waals surface area contributed by atoms with Crippen molar-refractivity contribution in [2.24, 2.45) is 0 Å². The summed E-state index contributed by atoms with van der Waals surface area (Å²) in [6.45, 7) is 0.751. The highest BCUT2D eigenvalue weighted by Crippen LogP contribution is 2.22. The first-order chi connectivity index (χ1) is 9.13. The normalized spacial score (nSPS) is 10.5. The molecule has 0 atom stereocenters. The van der Waals surface area contributed by atoms with Crippen LogP contribution in [-0.2, 0) is 11.2 Å². The van der Waals surface area contributed by atoms with Crippen LogP contribution in [-0.4, -0.2) is 16.9 Å². The lowest BCUT2D eigenvalue weighted by molar-refractivity contribution is -0.120. The van der Waals surface area contributed by atoms with E-state index in [2.05, 4.69) is 27.9 Å². The number of carbonyl (C=O) groups is 1. The Kier molecular flexibility index (Phi) is 8.83. The Morgan fingerprint density at radius 3 is 2.53 bits per heavy atom. The predicted octanol–water partition coefficient (Wildman–Crippen LogP) is 4.65. The second kappa shape index (κ2) is 9.83. The molecule has 0 unspecified atom stereocenters. The topological polar surface area (TPSA) is 29.1 Å². The quantitative estimate of drug-likeness (QED) is 0.375. The first-order valence-corrected chi connectivity index (χ1v) is 8.68. The molecule has 0 spiro atoms. The van der Waals surface area contributed by atoms with Crippen molar-refractivity contribution in [3.63, 3.8) is 0 Å². The van der Waals surface area contributed by atoms with E-state index in [0.717, 1.165) is 18.5 Å². The van der Waals surface area contributed by atoms with Crippen molar-refractivity contribution in [3.05, 3.63) is 33.8 Å². The lowest BCUT2D eigenvalue weighted by Gasteiger charge is -2.06. The van der Waals surface area contributed by atoms with E-state index in [-0.39, 0.29) is 5.91 Å². The van der Waals surface area contributed by atoms with Gasteiger partial charge in [0.05, 0.1) is 16.5 Å². The highest BCUT2D eigenvalue weighted by molar-refractivity contribution is 14.1. The van der Waals surface area contributed by atoms with E-state index < -0.39 is 0 Å². The molecule has 0 bridgehead atoms. The summed E-state index contributed by atoms with van der Waals surface area (Å²) in [7, 11) is 0. The third-order valence-corrected chi connectivity index (χ3v) is 4.23. The van der Waals surface area contributed by atoms with Gasteiger partial charge in [-0.05, 0) is 35.0 Å². The van der Waals surface area contributed by atoms with Crippen molar-refractivity contribution in [1.29, 1.82) is 0 Å². The van der Waals surface area contributed by atoms with E-state index in [1.807, 2.05) is 6.07 Å². The van der Waals surface area contributed by atoms with Crippen molar-refractivity contribution >= 4 is 51.7 Å². The van der Waals surface area contributed by atoms with Crippen LogP contribution in [0.2, 0.25) is 10.0 Å². The molecule has 0 fully saturated rings. The molecule has 106 valence electrons. The summed E-state index contributed by atoms with van der Waals surface area (Å²) in [5.74, 6) is 0.0345. The number of amides is 1. The van der Waals surface area contributed by atoms with Crippen LogP contribution in [0.4, 0.5) is 0 Å². The lowest BCUT2D eigenvalue weighted by atomic mass is 10.1. The summed E-state index contributed by atoms with van der Waals surface area (Å²) in [5, 5.41) is 3.93. The van der Waals surface area contributed by atoms with E-state index in [1.54, 1.807) is 12.1 Å². The average Bonchev–Trinajstić information content (AvgIpc) is 2.38. The van der Waals surface area contributed by atoms with Crippen LogP contribution in [0.5, 0.6) is 0 Å². The minimum atomic E-state index is 0.0345. The SMILES string of the molecule is O=C(Cc1ccc(Cl)c(Cl)c1)NCCCCCCI. The Labute approximate surface area is 138 Å². The van der Waals surface area contributed by atoms with Crippen molar-refractivity contribution in [2.45, 2.75) is 32.1 Å². The number of hydrogen-bond donors (Lipinski definition) is 1. The van der Waals surface area contributed by atoms with E-state index in [0.29, 0.717) is 16.5 Å². The Balaban J connectivity index is 2.21. The minimum absolute atomic E-state index is 0.0345. The Hall–Kier alpha value is 0. The molecule has 1 aromatic rings. The van der Waals surface area contributed by atoms with Crippen molar-refractivity contribution in [2.75, 3.05) is 11.0 Å². The molecule has 0 radical (unpaired) electrons. The molecule has 1 aromatic carbocycles. The predicted molar refractivity (Wildman–Crippen MR) is 90.5 cm³/mol. The number of hydrogen-bond acceptors (Lipinski definition) is 1. The maximum absolute atomic E-state index is 11.7. The smallest absolute Gasteiger partial charge is 0.224 e. The van der Waals surface area contributed by atoms with Crippen LogP contribution >= 0.6 is 45.8 Å². The lowest BCUT2D eigenvalue weighted by Crippen LogP contribution is -2.26. The molecule has 0 aliphatic rings. The number of rotatable bonds is 8. The molecule has 0 aromatic heterocycles. The van der Waals surface area contributed by atoms with Gasteiger partial charge in [0, 0.05) is 6.54 Å². The molecule has 19 heavy (non-hydrogen) atoms. The molecule has 1 N–H and O–H groups in total. The fourth-order valence-electron chi connectivity index (χ4n) is 1.70. The van der Waals surface area contributed by atoms with Gasteiger partial charge in [0.2, 0.25) is 5.91 Å². The fourth-order valence-corrected chi connectivity index (χ4v) is 2.56. The van der Waals surface area contributed by atoms with Gasteiger partial charge in [-0.25, -0.2) is 0 Å². The van der Waals surface area contributed by atoms with Crippen molar-refractivity contribution in [3.8, 4) is 0 Å².